The third kappa shape index (κ3) is 2.08. The highest BCUT2D eigenvalue weighted by atomic mass is 16.5. The zero-order valence-corrected chi connectivity index (χ0v) is 8.79. The average Bonchev–Trinajstić information content (AvgIpc) is 2.51. The highest BCUT2D eigenvalue weighted by Gasteiger charge is 2.29. The SMILES string of the molecule is C[C@@H](NC(=O)C1CCC1)[C@H]1CCCO1. The molecule has 0 aromatic heterocycles. The number of carbonyl (C=O) groups is 1. The predicted octanol–water partition coefficient (Wildman–Crippen LogP) is 1.47. The summed E-state index contributed by atoms with van der Waals surface area (Å²) in [6.07, 6.45) is 5.83. The van der Waals surface area contributed by atoms with Gasteiger partial charge < -0.3 is 10.1 Å². The molecular formula is C11H19NO2. The highest BCUT2D eigenvalue weighted by Crippen LogP contribution is 2.26. The number of amides is 1. The molecule has 1 heterocycles. The van der Waals surface area contributed by atoms with Gasteiger partial charge in [0, 0.05) is 12.5 Å². The molecular weight excluding hydrogens is 178 g/mol. The maximum absolute atomic E-state index is 11.6. The van der Waals surface area contributed by atoms with Crippen molar-refractivity contribution >= 4 is 5.91 Å². The van der Waals surface area contributed by atoms with Crippen LogP contribution in [0.15, 0.2) is 0 Å². The van der Waals surface area contributed by atoms with Crippen LogP contribution in [0.3, 0.4) is 0 Å². The van der Waals surface area contributed by atoms with Crippen molar-refractivity contribution in [2.75, 3.05) is 6.61 Å². The van der Waals surface area contributed by atoms with Crippen molar-refractivity contribution < 1.29 is 9.53 Å². The second-order valence-electron chi connectivity index (χ2n) is 4.48. The number of ether oxygens (including phenoxy) is 1. The second kappa shape index (κ2) is 4.30. The molecule has 1 aliphatic heterocycles. The van der Waals surface area contributed by atoms with Crippen LogP contribution in [-0.4, -0.2) is 24.7 Å². The minimum atomic E-state index is 0.186. The van der Waals surface area contributed by atoms with Crippen LogP contribution in [-0.2, 0) is 9.53 Å². The first-order valence-electron chi connectivity index (χ1n) is 5.69. The summed E-state index contributed by atoms with van der Waals surface area (Å²) in [6, 6.07) is 0.186. The van der Waals surface area contributed by atoms with Gasteiger partial charge in [-0.3, -0.25) is 4.79 Å². The fourth-order valence-corrected chi connectivity index (χ4v) is 2.10. The molecule has 0 spiro atoms. The summed E-state index contributed by atoms with van der Waals surface area (Å²) >= 11 is 0. The topological polar surface area (TPSA) is 38.3 Å². The molecule has 2 fully saturated rings. The molecule has 14 heavy (non-hydrogen) atoms. The van der Waals surface area contributed by atoms with Gasteiger partial charge in [-0.2, -0.15) is 0 Å². The van der Waals surface area contributed by atoms with Gasteiger partial charge in [0.2, 0.25) is 5.91 Å². The van der Waals surface area contributed by atoms with Gasteiger partial charge in [0.05, 0.1) is 12.1 Å². The first-order chi connectivity index (χ1) is 6.77. The van der Waals surface area contributed by atoms with E-state index in [9.17, 15) is 4.79 Å². The van der Waals surface area contributed by atoms with Crippen LogP contribution in [0.2, 0.25) is 0 Å². The van der Waals surface area contributed by atoms with Gasteiger partial charge in [-0.05, 0) is 32.6 Å². The van der Waals surface area contributed by atoms with Gasteiger partial charge in [-0.1, -0.05) is 6.42 Å². The summed E-state index contributed by atoms with van der Waals surface area (Å²) in [5, 5.41) is 3.06. The molecule has 1 saturated heterocycles. The molecule has 1 saturated carbocycles. The number of hydrogen-bond donors (Lipinski definition) is 1. The van der Waals surface area contributed by atoms with E-state index in [0.29, 0.717) is 5.92 Å². The van der Waals surface area contributed by atoms with E-state index in [4.69, 9.17) is 4.74 Å². The first kappa shape index (κ1) is 9.97. The molecule has 0 unspecified atom stereocenters. The van der Waals surface area contributed by atoms with Crippen molar-refractivity contribution in [2.45, 2.75) is 51.2 Å². The van der Waals surface area contributed by atoms with E-state index >= 15 is 0 Å². The van der Waals surface area contributed by atoms with Crippen LogP contribution in [0.4, 0.5) is 0 Å². The largest absolute Gasteiger partial charge is 0.376 e. The van der Waals surface area contributed by atoms with Crippen LogP contribution in [0.25, 0.3) is 0 Å². The Balaban J connectivity index is 1.74. The summed E-state index contributed by atoms with van der Waals surface area (Å²) in [5.74, 6) is 0.526. The highest BCUT2D eigenvalue weighted by molar-refractivity contribution is 5.79. The molecule has 2 rings (SSSR count). The van der Waals surface area contributed by atoms with Crippen molar-refractivity contribution in [3.63, 3.8) is 0 Å². The van der Waals surface area contributed by atoms with Gasteiger partial charge >= 0.3 is 0 Å². The van der Waals surface area contributed by atoms with Crippen LogP contribution < -0.4 is 5.32 Å². The Morgan fingerprint density at radius 2 is 2.14 bits per heavy atom. The van der Waals surface area contributed by atoms with Gasteiger partial charge in [0.1, 0.15) is 0 Å². The van der Waals surface area contributed by atoms with E-state index in [1.165, 1.54) is 6.42 Å². The quantitative estimate of drug-likeness (QED) is 0.744. The molecule has 1 amide bonds. The van der Waals surface area contributed by atoms with E-state index in [1.807, 2.05) is 6.92 Å². The van der Waals surface area contributed by atoms with Crippen LogP contribution in [0.5, 0.6) is 0 Å². The van der Waals surface area contributed by atoms with E-state index < -0.39 is 0 Å². The molecule has 2 aliphatic rings. The van der Waals surface area contributed by atoms with Crippen molar-refractivity contribution in [1.82, 2.24) is 5.32 Å². The van der Waals surface area contributed by atoms with E-state index in [-0.39, 0.29) is 18.1 Å². The lowest BCUT2D eigenvalue weighted by molar-refractivity contribution is -0.128. The molecule has 0 radical (unpaired) electrons. The van der Waals surface area contributed by atoms with E-state index in [1.54, 1.807) is 0 Å². The van der Waals surface area contributed by atoms with E-state index in [0.717, 1.165) is 32.3 Å². The van der Waals surface area contributed by atoms with Gasteiger partial charge in [-0.15, -0.1) is 0 Å². The van der Waals surface area contributed by atoms with Gasteiger partial charge in [0.25, 0.3) is 0 Å². The number of rotatable bonds is 3. The second-order valence-corrected chi connectivity index (χ2v) is 4.48. The normalized spacial score (nSPS) is 29.6. The Bertz CT molecular complexity index is 207. The van der Waals surface area contributed by atoms with E-state index in [2.05, 4.69) is 5.32 Å². The van der Waals surface area contributed by atoms with Crippen molar-refractivity contribution in [3.8, 4) is 0 Å². The Kier molecular flexibility index (Phi) is 3.06. The fraction of sp³-hybridized carbons (Fsp3) is 0.909. The maximum Gasteiger partial charge on any atom is 0.223 e. The number of hydrogen-bond acceptors (Lipinski definition) is 2. The molecule has 3 heteroatoms. The van der Waals surface area contributed by atoms with Crippen LogP contribution in [0.1, 0.15) is 39.0 Å². The first-order valence-corrected chi connectivity index (χ1v) is 5.69. The molecule has 80 valence electrons. The zero-order chi connectivity index (χ0) is 9.97. The number of carbonyl (C=O) groups excluding carboxylic acids is 1. The fourth-order valence-electron chi connectivity index (χ4n) is 2.10. The van der Waals surface area contributed by atoms with Crippen molar-refractivity contribution in [1.29, 1.82) is 0 Å². The maximum atomic E-state index is 11.6. The Labute approximate surface area is 85.2 Å². The molecule has 0 aromatic carbocycles. The summed E-state index contributed by atoms with van der Waals surface area (Å²) in [6.45, 7) is 2.90. The standard InChI is InChI=1S/C11H19NO2/c1-8(10-6-3-7-14-10)12-11(13)9-4-2-5-9/h8-10H,2-7H2,1H3,(H,12,13)/t8-,10-/m1/s1. The Hall–Kier alpha value is -0.570. The lowest BCUT2D eigenvalue weighted by Crippen LogP contribution is -2.45. The van der Waals surface area contributed by atoms with Crippen LogP contribution >= 0.6 is 0 Å². The molecule has 1 N–H and O–H groups in total. The predicted molar refractivity (Wildman–Crippen MR) is 53.9 cm³/mol. The number of nitrogens with one attached hydrogen (secondary N) is 1. The molecule has 3 nitrogen and oxygen atoms in total. The molecule has 0 bridgehead atoms. The third-order valence-electron chi connectivity index (χ3n) is 3.37. The van der Waals surface area contributed by atoms with Gasteiger partial charge in [-0.25, -0.2) is 0 Å². The summed E-state index contributed by atoms with van der Waals surface area (Å²) in [5.41, 5.74) is 0. The van der Waals surface area contributed by atoms with Crippen molar-refractivity contribution in [3.05, 3.63) is 0 Å². The Morgan fingerprint density at radius 3 is 2.64 bits per heavy atom. The lowest BCUT2D eigenvalue weighted by atomic mass is 9.84. The van der Waals surface area contributed by atoms with Crippen LogP contribution in [0, 0.1) is 5.92 Å². The smallest absolute Gasteiger partial charge is 0.223 e. The minimum Gasteiger partial charge on any atom is -0.376 e. The monoisotopic (exact) mass is 197 g/mol. The summed E-state index contributed by atoms with van der Waals surface area (Å²) in [7, 11) is 0. The molecule has 0 aromatic rings. The lowest BCUT2D eigenvalue weighted by Gasteiger charge is -2.27. The minimum absolute atomic E-state index is 0.186. The van der Waals surface area contributed by atoms with Crippen molar-refractivity contribution in [2.24, 2.45) is 5.92 Å². The Morgan fingerprint density at radius 1 is 1.36 bits per heavy atom. The summed E-state index contributed by atoms with van der Waals surface area (Å²) in [4.78, 5) is 11.6. The average molecular weight is 197 g/mol. The van der Waals surface area contributed by atoms with Gasteiger partial charge in [0.15, 0.2) is 0 Å². The summed E-state index contributed by atoms with van der Waals surface area (Å²) < 4.78 is 5.53. The zero-order valence-electron chi connectivity index (χ0n) is 8.79. The third-order valence-corrected chi connectivity index (χ3v) is 3.37. The molecule has 2 atom stereocenters. The molecule has 1 aliphatic carbocycles.